The van der Waals surface area contributed by atoms with Crippen molar-refractivity contribution in [1.29, 1.82) is 0 Å². The van der Waals surface area contributed by atoms with E-state index >= 15 is 0 Å². The summed E-state index contributed by atoms with van der Waals surface area (Å²) in [5, 5.41) is 2.82. The Morgan fingerprint density at radius 2 is 2.05 bits per heavy atom. The Morgan fingerprint density at radius 1 is 1.35 bits per heavy atom. The summed E-state index contributed by atoms with van der Waals surface area (Å²) >= 11 is 0. The third-order valence-electron chi connectivity index (χ3n) is 3.98. The van der Waals surface area contributed by atoms with Crippen LogP contribution in [0.3, 0.4) is 0 Å². The fourth-order valence-electron chi connectivity index (χ4n) is 2.52. The van der Waals surface area contributed by atoms with Crippen molar-refractivity contribution < 1.29 is 14.3 Å². The molecule has 2 amide bonds. The van der Waals surface area contributed by atoms with Gasteiger partial charge in [-0.2, -0.15) is 0 Å². The highest BCUT2D eigenvalue weighted by Crippen LogP contribution is 2.28. The number of rotatable bonds is 7. The number of hydrogen-bond acceptors (Lipinski definition) is 3. The van der Waals surface area contributed by atoms with Crippen molar-refractivity contribution in [3.8, 4) is 0 Å². The van der Waals surface area contributed by atoms with Crippen LogP contribution in [-0.2, 0) is 14.3 Å². The topological polar surface area (TPSA) is 58.6 Å². The average Bonchev–Trinajstić information content (AvgIpc) is 3.18. The Labute approximate surface area is 121 Å². The largest absolute Gasteiger partial charge is 0.379 e. The summed E-state index contributed by atoms with van der Waals surface area (Å²) in [6.45, 7) is 7.71. The first kappa shape index (κ1) is 15.3. The summed E-state index contributed by atoms with van der Waals surface area (Å²) in [7, 11) is 0. The molecule has 0 aromatic carbocycles. The molecule has 0 radical (unpaired) electrons. The molecule has 2 rings (SSSR count). The molecule has 5 heteroatoms. The third kappa shape index (κ3) is 3.95. The van der Waals surface area contributed by atoms with Crippen molar-refractivity contribution in [2.45, 2.75) is 52.1 Å². The molecule has 5 nitrogen and oxygen atoms in total. The van der Waals surface area contributed by atoms with Crippen LogP contribution in [0.15, 0.2) is 0 Å². The molecule has 0 aromatic heterocycles. The van der Waals surface area contributed by atoms with Crippen LogP contribution in [0.5, 0.6) is 0 Å². The van der Waals surface area contributed by atoms with Gasteiger partial charge < -0.3 is 15.0 Å². The molecular formula is C15H26N2O3. The van der Waals surface area contributed by atoms with Gasteiger partial charge in [0, 0.05) is 13.2 Å². The van der Waals surface area contributed by atoms with E-state index in [-0.39, 0.29) is 17.9 Å². The number of carbonyl (C=O) groups excluding carboxylic acids is 2. The molecule has 114 valence electrons. The van der Waals surface area contributed by atoms with Crippen molar-refractivity contribution in [3.05, 3.63) is 0 Å². The molecule has 2 aliphatic rings. The molecule has 1 aliphatic heterocycles. The standard InChI is InChI=1S/C15H26N2O3/c1-10(2)8-13-15(19)17(11(3)14(18)16-13)6-7-20-9-12-4-5-12/h10-13H,4-9H2,1-3H3,(H,16,18). The van der Waals surface area contributed by atoms with E-state index in [2.05, 4.69) is 19.2 Å². The van der Waals surface area contributed by atoms with Gasteiger partial charge in [-0.3, -0.25) is 9.59 Å². The summed E-state index contributed by atoms with van der Waals surface area (Å²) in [4.78, 5) is 26.0. The zero-order valence-corrected chi connectivity index (χ0v) is 12.7. The Morgan fingerprint density at radius 3 is 2.65 bits per heavy atom. The molecule has 1 saturated carbocycles. The van der Waals surface area contributed by atoms with Gasteiger partial charge in [-0.25, -0.2) is 0 Å². The lowest BCUT2D eigenvalue weighted by atomic mass is 9.99. The molecule has 2 fully saturated rings. The van der Waals surface area contributed by atoms with Crippen molar-refractivity contribution in [2.75, 3.05) is 19.8 Å². The fourth-order valence-corrected chi connectivity index (χ4v) is 2.52. The normalized spacial score (nSPS) is 27.1. The SMILES string of the molecule is CC(C)CC1NC(=O)C(C)N(CCOCC2CC2)C1=O. The minimum atomic E-state index is -0.393. The van der Waals surface area contributed by atoms with Gasteiger partial charge in [-0.05, 0) is 38.0 Å². The minimum Gasteiger partial charge on any atom is -0.379 e. The number of ether oxygens (including phenoxy) is 1. The van der Waals surface area contributed by atoms with E-state index < -0.39 is 6.04 Å². The summed E-state index contributed by atoms with van der Waals surface area (Å²) in [5.41, 5.74) is 0. The third-order valence-corrected chi connectivity index (χ3v) is 3.98. The molecule has 0 aromatic rings. The van der Waals surface area contributed by atoms with E-state index in [1.165, 1.54) is 12.8 Å². The Kier molecular flexibility index (Phi) is 5.02. The van der Waals surface area contributed by atoms with Gasteiger partial charge in [0.25, 0.3) is 0 Å². The van der Waals surface area contributed by atoms with Gasteiger partial charge >= 0.3 is 0 Å². The molecule has 1 heterocycles. The van der Waals surface area contributed by atoms with Crippen LogP contribution in [0, 0.1) is 11.8 Å². The lowest BCUT2D eigenvalue weighted by molar-refractivity contribution is -0.149. The maximum absolute atomic E-state index is 12.4. The highest BCUT2D eigenvalue weighted by molar-refractivity contribution is 5.96. The number of carbonyl (C=O) groups is 2. The zero-order valence-electron chi connectivity index (χ0n) is 12.7. The van der Waals surface area contributed by atoms with E-state index in [0.29, 0.717) is 25.5 Å². The lowest BCUT2D eigenvalue weighted by Crippen LogP contribution is -2.63. The van der Waals surface area contributed by atoms with Crippen LogP contribution in [0.2, 0.25) is 0 Å². The van der Waals surface area contributed by atoms with Crippen LogP contribution in [-0.4, -0.2) is 48.6 Å². The predicted molar refractivity (Wildman–Crippen MR) is 76.1 cm³/mol. The monoisotopic (exact) mass is 282 g/mol. The average molecular weight is 282 g/mol. The zero-order chi connectivity index (χ0) is 14.7. The lowest BCUT2D eigenvalue weighted by Gasteiger charge is -2.37. The summed E-state index contributed by atoms with van der Waals surface area (Å²) in [5.74, 6) is 1.07. The fraction of sp³-hybridized carbons (Fsp3) is 0.867. The van der Waals surface area contributed by atoms with E-state index in [1.807, 2.05) is 0 Å². The van der Waals surface area contributed by atoms with Crippen molar-refractivity contribution >= 4 is 11.8 Å². The van der Waals surface area contributed by atoms with Crippen LogP contribution in [0.1, 0.15) is 40.0 Å². The Bertz CT molecular complexity index is 366. The van der Waals surface area contributed by atoms with Crippen molar-refractivity contribution in [3.63, 3.8) is 0 Å². The molecular weight excluding hydrogens is 256 g/mol. The molecule has 1 N–H and O–H groups in total. The summed E-state index contributed by atoms with van der Waals surface area (Å²) < 4.78 is 5.58. The van der Waals surface area contributed by atoms with E-state index in [1.54, 1.807) is 11.8 Å². The second-order valence-corrected chi connectivity index (χ2v) is 6.42. The number of nitrogens with zero attached hydrogens (tertiary/aromatic N) is 1. The number of piperazine rings is 1. The van der Waals surface area contributed by atoms with Gasteiger partial charge in [0.05, 0.1) is 6.61 Å². The van der Waals surface area contributed by atoms with E-state index in [4.69, 9.17) is 4.74 Å². The Balaban J connectivity index is 1.85. The van der Waals surface area contributed by atoms with E-state index in [9.17, 15) is 9.59 Å². The summed E-state index contributed by atoms with van der Waals surface area (Å²) in [6.07, 6.45) is 3.21. The maximum Gasteiger partial charge on any atom is 0.245 e. The van der Waals surface area contributed by atoms with Gasteiger partial charge in [-0.15, -0.1) is 0 Å². The van der Waals surface area contributed by atoms with Gasteiger partial charge in [0.2, 0.25) is 11.8 Å². The number of hydrogen-bond donors (Lipinski definition) is 1. The first-order chi connectivity index (χ1) is 9.49. The van der Waals surface area contributed by atoms with Gasteiger partial charge in [0.1, 0.15) is 12.1 Å². The van der Waals surface area contributed by atoms with Gasteiger partial charge in [-0.1, -0.05) is 13.8 Å². The van der Waals surface area contributed by atoms with Crippen LogP contribution < -0.4 is 5.32 Å². The van der Waals surface area contributed by atoms with Crippen LogP contribution in [0.25, 0.3) is 0 Å². The van der Waals surface area contributed by atoms with Crippen LogP contribution >= 0.6 is 0 Å². The predicted octanol–water partition coefficient (Wildman–Crippen LogP) is 1.17. The smallest absolute Gasteiger partial charge is 0.245 e. The quantitative estimate of drug-likeness (QED) is 0.713. The van der Waals surface area contributed by atoms with E-state index in [0.717, 1.165) is 12.5 Å². The number of nitrogens with one attached hydrogen (secondary N) is 1. The molecule has 1 saturated heterocycles. The molecule has 1 aliphatic carbocycles. The summed E-state index contributed by atoms with van der Waals surface area (Å²) in [6, 6.07) is -0.766. The van der Waals surface area contributed by atoms with Crippen molar-refractivity contribution in [1.82, 2.24) is 10.2 Å². The molecule has 20 heavy (non-hydrogen) atoms. The van der Waals surface area contributed by atoms with Crippen LogP contribution in [0.4, 0.5) is 0 Å². The minimum absolute atomic E-state index is 0.0285. The molecule has 0 bridgehead atoms. The Hall–Kier alpha value is -1.10. The number of amides is 2. The first-order valence-electron chi connectivity index (χ1n) is 7.67. The highest BCUT2D eigenvalue weighted by Gasteiger charge is 2.37. The van der Waals surface area contributed by atoms with Gasteiger partial charge in [0.15, 0.2) is 0 Å². The maximum atomic E-state index is 12.4. The second-order valence-electron chi connectivity index (χ2n) is 6.42. The molecule has 2 unspecified atom stereocenters. The second kappa shape index (κ2) is 6.57. The highest BCUT2D eigenvalue weighted by atomic mass is 16.5. The molecule has 2 atom stereocenters. The first-order valence-corrected chi connectivity index (χ1v) is 7.67. The van der Waals surface area contributed by atoms with Crippen molar-refractivity contribution in [2.24, 2.45) is 11.8 Å². The molecule has 0 spiro atoms.